The smallest absolute Gasteiger partial charge is 0.145 e. The molecule has 120 valence electrons. The Labute approximate surface area is 136 Å². The lowest BCUT2D eigenvalue weighted by Gasteiger charge is -2.21. The van der Waals surface area contributed by atoms with Crippen molar-refractivity contribution >= 4 is 12.4 Å². The highest BCUT2D eigenvalue weighted by Gasteiger charge is 2.03. The van der Waals surface area contributed by atoms with Crippen molar-refractivity contribution in [2.75, 3.05) is 26.2 Å². The molecule has 0 bridgehead atoms. The predicted octanol–water partition coefficient (Wildman–Crippen LogP) is 3.61. The van der Waals surface area contributed by atoms with E-state index in [4.69, 9.17) is 10.5 Å². The van der Waals surface area contributed by atoms with Gasteiger partial charge in [0.1, 0.15) is 17.7 Å². The number of hydrogen-bond acceptors (Lipinski definition) is 4. The van der Waals surface area contributed by atoms with Gasteiger partial charge in [0.25, 0.3) is 0 Å². The SMILES string of the molecule is CCCCN(CCCC)CCCCNC=C(C#N)C#N.Cl. The first-order valence-electron chi connectivity index (χ1n) is 7.74. The van der Waals surface area contributed by atoms with Crippen LogP contribution in [0.25, 0.3) is 0 Å². The normalized spacial score (nSPS) is 9.38. The van der Waals surface area contributed by atoms with Gasteiger partial charge in [-0.15, -0.1) is 12.4 Å². The molecule has 0 fully saturated rings. The molecule has 0 aromatic heterocycles. The number of halogens is 1. The maximum absolute atomic E-state index is 8.58. The summed E-state index contributed by atoms with van der Waals surface area (Å²) in [6, 6.07) is 3.67. The van der Waals surface area contributed by atoms with E-state index in [1.165, 1.54) is 45.0 Å². The summed E-state index contributed by atoms with van der Waals surface area (Å²) in [5.74, 6) is 0. The predicted molar refractivity (Wildman–Crippen MR) is 90.0 cm³/mol. The van der Waals surface area contributed by atoms with Gasteiger partial charge in [-0.25, -0.2) is 0 Å². The van der Waals surface area contributed by atoms with E-state index in [0.717, 1.165) is 25.9 Å². The van der Waals surface area contributed by atoms with Gasteiger partial charge in [-0.2, -0.15) is 10.5 Å². The summed E-state index contributed by atoms with van der Waals surface area (Å²) in [7, 11) is 0. The molecule has 5 heteroatoms. The fourth-order valence-corrected chi connectivity index (χ4v) is 1.93. The molecule has 1 N–H and O–H groups in total. The Morgan fingerprint density at radius 1 is 0.952 bits per heavy atom. The van der Waals surface area contributed by atoms with E-state index in [9.17, 15) is 0 Å². The number of unbranched alkanes of at least 4 members (excludes halogenated alkanes) is 3. The fraction of sp³-hybridized carbons (Fsp3) is 0.750. The molecule has 0 aromatic rings. The van der Waals surface area contributed by atoms with Crippen molar-refractivity contribution in [2.24, 2.45) is 0 Å². The topological polar surface area (TPSA) is 62.9 Å². The summed E-state index contributed by atoms with van der Waals surface area (Å²) in [6.45, 7) is 8.84. The van der Waals surface area contributed by atoms with E-state index in [1.807, 2.05) is 12.1 Å². The van der Waals surface area contributed by atoms with Crippen molar-refractivity contribution in [3.8, 4) is 12.1 Å². The largest absolute Gasteiger partial charge is 0.389 e. The molecular formula is C16H29ClN4. The second-order valence-electron chi connectivity index (χ2n) is 4.99. The zero-order valence-electron chi connectivity index (χ0n) is 13.4. The van der Waals surface area contributed by atoms with E-state index in [2.05, 4.69) is 24.1 Å². The highest BCUT2D eigenvalue weighted by Crippen LogP contribution is 2.01. The van der Waals surface area contributed by atoms with Crippen LogP contribution in [0, 0.1) is 22.7 Å². The fourth-order valence-electron chi connectivity index (χ4n) is 1.93. The molecule has 0 heterocycles. The number of hydrogen-bond donors (Lipinski definition) is 1. The lowest BCUT2D eigenvalue weighted by atomic mass is 10.2. The number of nitrogens with one attached hydrogen (secondary N) is 1. The van der Waals surface area contributed by atoms with Crippen LogP contribution in [0.3, 0.4) is 0 Å². The summed E-state index contributed by atoms with van der Waals surface area (Å²) in [5, 5.41) is 20.2. The molecule has 0 saturated carbocycles. The average Bonchev–Trinajstić information content (AvgIpc) is 2.48. The lowest BCUT2D eigenvalue weighted by molar-refractivity contribution is 0.260. The molecule has 0 saturated heterocycles. The summed E-state index contributed by atoms with van der Waals surface area (Å²) < 4.78 is 0. The van der Waals surface area contributed by atoms with Gasteiger partial charge >= 0.3 is 0 Å². The maximum atomic E-state index is 8.58. The quantitative estimate of drug-likeness (QED) is 0.441. The Hall–Kier alpha value is -1.23. The molecule has 4 nitrogen and oxygen atoms in total. The first-order valence-corrected chi connectivity index (χ1v) is 7.74. The van der Waals surface area contributed by atoms with Crippen molar-refractivity contribution in [1.29, 1.82) is 10.5 Å². The molecule has 0 amide bonds. The monoisotopic (exact) mass is 312 g/mol. The number of nitrogens with zero attached hydrogens (tertiary/aromatic N) is 3. The van der Waals surface area contributed by atoms with E-state index < -0.39 is 0 Å². The minimum Gasteiger partial charge on any atom is -0.389 e. The molecule has 0 aliphatic carbocycles. The first kappa shape index (κ1) is 22.1. The van der Waals surface area contributed by atoms with Gasteiger partial charge < -0.3 is 10.2 Å². The second kappa shape index (κ2) is 16.8. The Morgan fingerprint density at radius 3 is 1.95 bits per heavy atom. The zero-order valence-corrected chi connectivity index (χ0v) is 14.2. The van der Waals surface area contributed by atoms with Gasteiger partial charge in [-0.05, 0) is 45.3 Å². The summed E-state index contributed by atoms with van der Waals surface area (Å²) in [4.78, 5) is 2.55. The van der Waals surface area contributed by atoms with Gasteiger partial charge in [-0.3, -0.25) is 0 Å². The maximum Gasteiger partial charge on any atom is 0.145 e. The molecule has 0 aromatic carbocycles. The van der Waals surface area contributed by atoms with Crippen LogP contribution in [0.15, 0.2) is 11.8 Å². The number of allylic oxidation sites excluding steroid dienone is 1. The third kappa shape index (κ3) is 13.5. The zero-order chi connectivity index (χ0) is 15.1. The van der Waals surface area contributed by atoms with E-state index >= 15 is 0 Å². The summed E-state index contributed by atoms with van der Waals surface area (Å²) in [6.07, 6.45) is 8.78. The molecular weight excluding hydrogens is 284 g/mol. The average molecular weight is 313 g/mol. The van der Waals surface area contributed by atoms with Crippen LogP contribution in [0.4, 0.5) is 0 Å². The molecule has 0 unspecified atom stereocenters. The van der Waals surface area contributed by atoms with Crippen LogP contribution >= 0.6 is 12.4 Å². The van der Waals surface area contributed by atoms with Crippen LogP contribution in [0.5, 0.6) is 0 Å². The Balaban J connectivity index is 0. The van der Waals surface area contributed by atoms with Crippen LogP contribution in [0.1, 0.15) is 52.4 Å². The minimum atomic E-state index is 0. The van der Waals surface area contributed by atoms with Crippen molar-refractivity contribution < 1.29 is 0 Å². The minimum absolute atomic E-state index is 0. The Bertz CT molecular complexity index is 317. The molecule has 0 spiro atoms. The van der Waals surface area contributed by atoms with Gasteiger partial charge in [0.05, 0.1) is 0 Å². The number of nitriles is 2. The highest BCUT2D eigenvalue weighted by atomic mass is 35.5. The second-order valence-corrected chi connectivity index (χ2v) is 4.99. The standard InChI is InChI=1S/C16H28N4.ClH/c1-3-5-10-20(11-6-4-2)12-8-7-9-19-15-16(13-17)14-18;/h15,19H,3-12H2,1-2H3;1H. The van der Waals surface area contributed by atoms with Crippen LogP contribution in [-0.4, -0.2) is 31.1 Å². The van der Waals surface area contributed by atoms with Gasteiger partial charge in [-0.1, -0.05) is 26.7 Å². The molecule has 0 aliphatic rings. The Morgan fingerprint density at radius 2 is 1.48 bits per heavy atom. The van der Waals surface area contributed by atoms with E-state index in [-0.39, 0.29) is 18.0 Å². The van der Waals surface area contributed by atoms with Crippen molar-refractivity contribution in [3.63, 3.8) is 0 Å². The van der Waals surface area contributed by atoms with Crippen LogP contribution in [-0.2, 0) is 0 Å². The molecule has 0 aliphatic heterocycles. The van der Waals surface area contributed by atoms with Gasteiger partial charge in [0.15, 0.2) is 0 Å². The molecule has 0 rings (SSSR count). The first-order chi connectivity index (χ1) is 9.78. The van der Waals surface area contributed by atoms with Gasteiger partial charge in [0.2, 0.25) is 0 Å². The summed E-state index contributed by atoms with van der Waals surface area (Å²) >= 11 is 0. The van der Waals surface area contributed by atoms with E-state index in [0.29, 0.717) is 0 Å². The third-order valence-corrected chi connectivity index (χ3v) is 3.19. The molecule has 0 radical (unpaired) electrons. The van der Waals surface area contributed by atoms with Gasteiger partial charge in [0, 0.05) is 12.7 Å². The van der Waals surface area contributed by atoms with Crippen molar-refractivity contribution in [1.82, 2.24) is 10.2 Å². The summed E-state index contributed by atoms with van der Waals surface area (Å²) in [5.41, 5.74) is 0.137. The van der Waals surface area contributed by atoms with E-state index in [1.54, 1.807) is 0 Å². The van der Waals surface area contributed by atoms with Crippen LogP contribution < -0.4 is 5.32 Å². The molecule has 0 atom stereocenters. The Kier molecular flexibility index (Phi) is 17.7. The lowest BCUT2D eigenvalue weighted by Crippen LogP contribution is -2.27. The van der Waals surface area contributed by atoms with Crippen molar-refractivity contribution in [3.05, 3.63) is 11.8 Å². The number of rotatable bonds is 12. The van der Waals surface area contributed by atoms with Crippen LogP contribution in [0.2, 0.25) is 0 Å². The van der Waals surface area contributed by atoms with Crippen molar-refractivity contribution in [2.45, 2.75) is 52.4 Å². The third-order valence-electron chi connectivity index (χ3n) is 3.19. The highest BCUT2D eigenvalue weighted by molar-refractivity contribution is 5.85. The molecule has 21 heavy (non-hydrogen) atoms.